The SMILES string of the molecule is Cc1nc(N2CCCC2)ccc1C1CCCN1. The number of pyridine rings is 1. The van der Waals surface area contributed by atoms with Gasteiger partial charge in [0.2, 0.25) is 0 Å². The van der Waals surface area contributed by atoms with Gasteiger partial charge in [0.05, 0.1) is 0 Å². The largest absolute Gasteiger partial charge is 0.357 e. The molecule has 0 radical (unpaired) electrons. The fourth-order valence-electron chi connectivity index (χ4n) is 3.00. The van der Waals surface area contributed by atoms with Crippen LogP contribution in [0.5, 0.6) is 0 Å². The second-order valence-corrected chi connectivity index (χ2v) is 5.19. The third-order valence-corrected chi connectivity index (χ3v) is 3.98. The van der Waals surface area contributed by atoms with Gasteiger partial charge in [-0.15, -0.1) is 0 Å². The monoisotopic (exact) mass is 231 g/mol. The molecule has 0 saturated carbocycles. The van der Waals surface area contributed by atoms with Gasteiger partial charge < -0.3 is 10.2 Å². The molecule has 2 fully saturated rings. The summed E-state index contributed by atoms with van der Waals surface area (Å²) in [4.78, 5) is 7.19. The van der Waals surface area contributed by atoms with E-state index in [0.717, 1.165) is 6.54 Å². The van der Waals surface area contributed by atoms with E-state index >= 15 is 0 Å². The van der Waals surface area contributed by atoms with Gasteiger partial charge in [0, 0.05) is 24.8 Å². The molecule has 0 aliphatic carbocycles. The van der Waals surface area contributed by atoms with Crippen molar-refractivity contribution < 1.29 is 0 Å². The van der Waals surface area contributed by atoms with Crippen LogP contribution in [0.2, 0.25) is 0 Å². The second kappa shape index (κ2) is 4.65. The molecule has 0 spiro atoms. The molecule has 2 saturated heterocycles. The Hall–Kier alpha value is -1.09. The number of anilines is 1. The lowest BCUT2D eigenvalue weighted by Crippen LogP contribution is -2.20. The Morgan fingerprint density at radius 3 is 2.71 bits per heavy atom. The summed E-state index contributed by atoms with van der Waals surface area (Å²) in [6, 6.07) is 5.02. The molecule has 1 unspecified atom stereocenters. The molecular formula is C14H21N3. The van der Waals surface area contributed by atoms with Gasteiger partial charge in [-0.2, -0.15) is 0 Å². The van der Waals surface area contributed by atoms with Crippen LogP contribution in [0.25, 0.3) is 0 Å². The van der Waals surface area contributed by atoms with Crippen molar-refractivity contribution in [3.05, 3.63) is 23.4 Å². The highest BCUT2D eigenvalue weighted by Crippen LogP contribution is 2.27. The van der Waals surface area contributed by atoms with Crippen molar-refractivity contribution in [1.29, 1.82) is 0 Å². The van der Waals surface area contributed by atoms with Gasteiger partial charge in [-0.3, -0.25) is 0 Å². The zero-order valence-electron chi connectivity index (χ0n) is 10.6. The van der Waals surface area contributed by atoms with Crippen LogP contribution < -0.4 is 10.2 Å². The normalized spacial score (nSPS) is 24.5. The van der Waals surface area contributed by atoms with Crippen LogP contribution in [0.15, 0.2) is 12.1 Å². The van der Waals surface area contributed by atoms with Crippen LogP contribution in [0.4, 0.5) is 5.82 Å². The molecule has 1 N–H and O–H groups in total. The maximum atomic E-state index is 4.79. The van der Waals surface area contributed by atoms with Gasteiger partial charge in [-0.1, -0.05) is 6.07 Å². The lowest BCUT2D eigenvalue weighted by molar-refractivity contribution is 0.639. The molecule has 0 bridgehead atoms. The third kappa shape index (κ3) is 2.16. The minimum Gasteiger partial charge on any atom is -0.357 e. The molecule has 3 nitrogen and oxygen atoms in total. The Kier molecular flexibility index (Phi) is 3.02. The summed E-state index contributed by atoms with van der Waals surface area (Å²) < 4.78 is 0. The van der Waals surface area contributed by atoms with E-state index < -0.39 is 0 Å². The fraction of sp³-hybridized carbons (Fsp3) is 0.643. The molecule has 3 heteroatoms. The maximum absolute atomic E-state index is 4.79. The van der Waals surface area contributed by atoms with E-state index in [4.69, 9.17) is 4.98 Å². The topological polar surface area (TPSA) is 28.2 Å². The Morgan fingerprint density at radius 1 is 1.24 bits per heavy atom. The first-order valence-electron chi connectivity index (χ1n) is 6.80. The van der Waals surface area contributed by atoms with Gasteiger partial charge in [0.15, 0.2) is 0 Å². The number of rotatable bonds is 2. The molecule has 92 valence electrons. The van der Waals surface area contributed by atoms with Gasteiger partial charge in [-0.25, -0.2) is 4.98 Å². The molecular weight excluding hydrogens is 210 g/mol. The Labute approximate surface area is 103 Å². The van der Waals surface area contributed by atoms with Crippen LogP contribution >= 0.6 is 0 Å². The number of aryl methyl sites for hydroxylation is 1. The quantitative estimate of drug-likeness (QED) is 0.847. The summed E-state index contributed by atoms with van der Waals surface area (Å²) in [6.45, 7) is 5.65. The molecule has 1 atom stereocenters. The van der Waals surface area contributed by atoms with Crippen LogP contribution in [-0.4, -0.2) is 24.6 Å². The van der Waals surface area contributed by atoms with E-state index in [2.05, 4.69) is 29.3 Å². The average Bonchev–Trinajstić information content (AvgIpc) is 3.02. The van der Waals surface area contributed by atoms with Gasteiger partial charge in [0.1, 0.15) is 5.82 Å². The first-order chi connectivity index (χ1) is 8.34. The van der Waals surface area contributed by atoms with Crippen molar-refractivity contribution in [2.75, 3.05) is 24.5 Å². The molecule has 2 aliphatic rings. The summed E-state index contributed by atoms with van der Waals surface area (Å²) >= 11 is 0. The standard InChI is InChI=1S/C14H21N3/c1-11-12(13-5-4-8-15-13)6-7-14(16-11)17-9-2-3-10-17/h6-7,13,15H,2-5,8-10H2,1H3. The molecule has 0 amide bonds. The predicted octanol–water partition coefficient (Wildman–Crippen LogP) is 2.41. The van der Waals surface area contributed by atoms with Gasteiger partial charge >= 0.3 is 0 Å². The Bertz CT molecular complexity index is 390. The van der Waals surface area contributed by atoms with Crippen LogP contribution in [0.1, 0.15) is 43.0 Å². The fourth-order valence-corrected chi connectivity index (χ4v) is 3.00. The highest BCUT2D eigenvalue weighted by molar-refractivity contribution is 5.43. The van der Waals surface area contributed by atoms with Crippen molar-refractivity contribution in [3.8, 4) is 0 Å². The zero-order chi connectivity index (χ0) is 11.7. The van der Waals surface area contributed by atoms with Crippen molar-refractivity contribution in [2.24, 2.45) is 0 Å². The minimum atomic E-state index is 0.537. The van der Waals surface area contributed by atoms with Crippen molar-refractivity contribution >= 4 is 5.82 Å². The number of nitrogens with zero attached hydrogens (tertiary/aromatic N) is 2. The van der Waals surface area contributed by atoms with Crippen LogP contribution in [0.3, 0.4) is 0 Å². The van der Waals surface area contributed by atoms with Crippen molar-refractivity contribution in [1.82, 2.24) is 10.3 Å². The zero-order valence-corrected chi connectivity index (χ0v) is 10.6. The number of aromatic nitrogens is 1. The molecule has 17 heavy (non-hydrogen) atoms. The van der Waals surface area contributed by atoms with Gasteiger partial charge in [0.25, 0.3) is 0 Å². The number of hydrogen-bond acceptors (Lipinski definition) is 3. The molecule has 3 rings (SSSR count). The summed E-state index contributed by atoms with van der Waals surface area (Å²) in [6.07, 6.45) is 5.17. The van der Waals surface area contributed by atoms with E-state index in [0.29, 0.717) is 6.04 Å². The first-order valence-corrected chi connectivity index (χ1v) is 6.80. The highest BCUT2D eigenvalue weighted by Gasteiger charge is 2.20. The Balaban J connectivity index is 1.82. The van der Waals surface area contributed by atoms with E-state index in [1.54, 1.807) is 0 Å². The third-order valence-electron chi connectivity index (χ3n) is 3.98. The molecule has 2 aliphatic heterocycles. The Morgan fingerprint density at radius 2 is 2.06 bits per heavy atom. The van der Waals surface area contributed by atoms with E-state index in [9.17, 15) is 0 Å². The average molecular weight is 231 g/mol. The minimum absolute atomic E-state index is 0.537. The number of hydrogen-bond donors (Lipinski definition) is 1. The number of nitrogens with one attached hydrogen (secondary N) is 1. The highest BCUT2D eigenvalue weighted by atomic mass is 15.2. The van der Waals surface area contributed by atoms with Crippen LogP contribution in [0, 0.1) is 6.92 Å². The molecule has 1 aromatic heterocycles. The van der Waals surface area contributed by atoms with E-state index in [1.807, 2.05) is 0 Å². The molecule has 1 aromatic rings. The summed E-state index contributed by atoms with van der Waals surface area (Å²) in [7, 11) is 0. The predicted molar refractivity (Wildman–Crippen MR) is 70.4 cm³/mol. The maximum Gasteiger partial charge on any atom is 0.128 e. The van der Waals surface area contributed by atoms with Crippen molar-refractivity contribution in [2.45, 2.75) is 38.6 Å². The molecule has 3 heterocycles. The van der Waals surface area contributed by atoms with E-state index in [-0.39, 0.29) is 0 Å². The summed E-state index contributed by atoms with van der Waals surface area (Å²) in [5.74, 6) is 1.17. The lowest BCUT2D eigenvalue weighted by atomic mass is 10.0. The van der Waals surface area contributed by atoms with Gasteiger partial charge in [-0.05, 0) is 50.8 Å². The lowest BCUT2D eigenvalue weighted by Gasteiger charge is -2.19. The second-order valence-electron chi connectivity index (χ2n) is 5.19. The molecule has 0 aromatic carbocycles. The van der Waals surface area contributed by atoms with Crippen LogP contribution in [-0.2, 0) is 0 Å². The summed E-state index contributed by atoms with van der Waals surface area (Å²) in [5.41, 5.74) is 2.60. The first kappa shape index (κ1) is 11.0. The van der Waals surface area contributed by atoms with Crippen molar-refractivity contribution in [3.63, 3.8) is 0 Å². The smallest absolute Gasteiger partial charge is 0.128 e. The van der Waals surface area contributed by atoms with E-state index in [1.165, 1.54) is 55.8 Å². The summed E-state index contributed by atoms with van der Waals surface area (Å²) in [5, 5.41) is 3.55.